The first-order valence-corrected chi connectivity index (χ1v) is 9.09. The van der Waals surface area contributed by atoms with Gasteiger partial charge in [-0.1, -0.05) is 47.5 Å². The molecule has 0 aliphatic rings. The van der Waals surface area contributed by atoms with Crippen molar-refractivity contribution in [3.8, 4) is 11.5 Å². The van der Waals surface area contributed by atoms with Crippen molar-refractivity contribution in [3.63, 3.8) is 0 Å². The Hall–Kier alpha value is -2.54. The third-order valence-corrected chi connectivity index (χ3v) is 3.86. The average Bonchev–Trinajstić information content (AvgIpc) is 2.66. The van der Waals surface area contributed by atoms with Gasteiger partial charge in [0.05, 0.1) is 12.2 Å². The number of benzene rings is 2. The van der Waals surface area contributed by atoms with Gasteiger partial charge in [0.25, 0.3) is 11.8 Å². The summed E-state index contributed by atoms with van der Waals surface area (Å²) in [7, 11) is 0. The molecule has 26 heavy (non-hydrogen) atoms. The fourth-order valence-electron chi connectivity index (χ4n) is 2.03. The molecule has 2 aromatic carbocycles. The molecule has 2 rings (SSSR count). The predicted octanol–water partition coefficient (Wildman–Crippen LogP) is 3.47. The molecule has 2 aromatic rings. The number of hydrogen-bond acceptors (Lipinski definition) is 4. The molecule has 6 nitrogen and oxygen atoms in total. The average molecular weight is 421 g/mol. The Balaban J connectivity index is 1.88. The molecule has 7 heteroatoms. The highest BCUT2D eigenvalue weighted by atomic mass is 79.9. The predicted molar refractivity (Wildman–Crippen MR) is 102 cm³/mol. The number of carbonyl (C=O) groups is 2. The molecule has 0 atom stereocenters. The summed E-state index contributed by atoms with van der Waals surface area (Å²) in [5, 5.41) is 0. The molecule has 0 spiro atoms. The van der Waals surface area contributed by atoms with Gasteiger partial charge in [-0.2, -0.15) is 0 Å². The van der Waals surface area contributed by atoms with Crippen molar-refractivity contribution in [2.45, 2.75) is 19.8 Å². The number of hydrogen-bond donors (Lipinski definition) is 2. The third kappa shape index (κ3) is 6.40. The van der Waals surface area contributed by atoms with E-state index < -0.39 is 11.8 Å². The number of para-hydroxylation sites is 1. The van der Waals surface area contributed by atoms with Crippen LogP contribution >= 0.6 is 15.9 Å². The van der Waals surface area contributed by atoms with Crippen LogP contribution in [0.3, 0.4) is 0 Å². The molecule has 2 N–H and O–H groups in total. The lowest BCUT2D eigenvalue weighted by molar-refractivity contribution is -0.123. The number of hydrazine groups is 1. The Bertz CT molecular complexity index is 738. The van der Waals surface area contributed by atoms with Crippen molar-refractivity contribution in [1.82, 2.24) is 10.9 Å². The van der Waals surface area contributed by atoms with Crippen LogP contribution in [0.4, 0.5) is 0 Å². The molecule has 0 aliphatic carbocycles. The van der Waals surface area contributed by atoms with Crippen LogP contribution in [0.2, 0.25) is 0 Å². The Labute approximate surface area is 161 Å². The molecule has 0 aliphatic heterocycles. The molecule has 0 radical (unpaired) electrons. The van der Waals surface area contributed by atoms with Gasteiger partial charge < -0.3 is 9.47 Å². The van der Waals surface area contributed by atoms with Crippen LogP contribution in [-0.2, 0) is 4.79 Å². The fourth-order valence-corrected chi connectivity index (χ4v) is 2.39. The van der Waals surface area contributed by atoms with Crippen LogP contribution in [0.5, 0.6) is 11.5 Å². The van der Waals surface area contributed by atoms with Crippen molar-refractivity contribution in [1.29, 1.82) is 0 Å². The van der Waals surface area contributed by atoms with E-state index in [0.29, 0.717) is 23.7 Å². The number of amides is 2. The summed E-state index contributed by atoms with van der Waals surface area (Å²) in [6.07, 6.45) is 1.89. The van der Waals surface area contributed by atoms with E-state index in [1.54, 1.807) is 30.3 Å². The lowest BCUT2D eigenvalue weighted by Gasteiger charge is -2.13. The number of carbonyl (C=O) groups excluding carboxylic acids is 2. The van der Waals surface area contributed by atoms with Crippen LogP contribution in [0.1, 0.15) is 30.1 Å². The molecule has 0 saturated carbocycles. The SMILES string of the molecule is CCCCOc1ccc(Br)cc1C(=O)NNC(=O)COc1ccccc1. The monoisotopic (exact) mass is 420 g/mol. The summed E-state index contributed by atoms with van der Waals surface area (Å²) in [5.41, 5.74) is 5.04. The summed E-state index contributed by atoms with van der Waals surface area (Å²) in [5.74, 6) is 0.109. The van der Waals surface area contributed by atoms with E-state index in [-0.39, 0.29) is 6.61 Å². The van der Waals surface area contributed by atoms with Crippen LogP contribution in [0, 0.1) is 0 Å². The maximum absolute atomic E-state index is 12.4. The summed E-state index contributed by atoms with van der Waals surface area (Å²) in [6, 6.07) is 14.1. The Morgan fingerprint density at radius 3 is 2.54 bits per heavy atom. The second kappa shape index (κ2) is 10.5. The normalized spacial score (nSPS) is 10.1. The van der Waals surface area contributed by atoms with Gasteiger partial charge in [0.1, 0.15) is 11.5 Å². The van der Waals surface area contributed by atoms with Gasteiger partial charge in [-0.25, -0.2) is 0 Å². The Morgan fingerprint density at radius 2 is 1.81 bits per heavy atom. The zero-order valence-electron chi connectivity index (χ0n) is 14.5. The van der Waals surface area contributed by atoms with Crippen LogP contribution in [0.25, 0.3) is 0 Å². The molecule has 138 valence electrons. The minimum Gasteiger partial charge on any atom is -0.493 e. The van der Waals surface area contributed by atoms with Crippen molar-refractivity contribution in [2.75, 3.05) is 13.2 Å². The highest BCUT2D eigenvalue weighted by Gasteiger charge is 2.14. The van der Waals surface area contributed by atoms with Gasteiger partial charge in [0.2, 0.25) is 0 Å². The van der Waals surface area contributed by atoms with Gasteiger partial charge in [0, 0.05) is 4.47 Å². The number of nitrogens with one attached hydrogen (secondary N) is 2. The molecule has 0 aromatic heterocycles. The maximum Gasteiger partial charge on any atom is 0.276 e. The van der Waals surface area contributed by atoms with Gasteiger partial charge >= 0.3 is 0 Å². The topological polar surface area (TPSA) is 76.7 Å². The quantitative estimate of drug-likeness (QED) is 0.506. The maximum atomic E-state index is 12.4. The largest absolute Gasteiger partial charge is 0.493 e. The number of ether oxygens (including phenoxy) is 2. The standard InChI is InChI=1S/C19H21BrN2O4/c1-2-3-11-25-17-10-9-14(20)12-16(17)19(24)22-21-18(23)13-26-15-7-5-4-6-8-15/h4-10,12H,2-3,11,13H2,1H3,(H,21,23)(H,22,24). The minimum atomic E-state index is -0.467. The first kappa shape index (κ1) is 19.8. The van der Waals surface area contributed by atoms with Crippen molar-refractivity contribution in [2.24, 2.45) is 0 Å². The molecule has 0 fully saturated rings. The summed E-state index contributed by atoms with van der Waals surface area (Å²) in [4.78, 5) is 24.2. The second-order valence-corrected chi connectivity index (χ2v) is 6.36. The van der Waals surface area contributed by atoms with Crippen molar-refractivity contribution >= 4 is 27.7 Å². The van der Waals surface area contributed by atoms with E-state index in [4.69, 9.17) is 9.47 Å². The lowest BCUT2D eigenvalue weighted by Crippen LogP contribution is -2.44. The van der Waals surface area contributed by atoms with Crippen molar-refractivity contribution < 1.29 is 19.1 Å². The zero-order chi connectivity index (χ0) is 18.8. The Kier molecular flexibility index (Phi) is 7.95. The molecule has 0 saturated heterocycles. The van der Waals surface area contributed by atoms with Gasteiger partial charge in [0.15, 0.2) is 6.61 Å². The van der Waals surface area contributed by atoms with E-state index in [2.05, 4.69) is 33.7 Å². The highest BCUT2D eigenvalue weighted by Crippen LogP contribution is 2.23. The Morgan fingerprint density at radius 1 is 1.04 bits per heavy atom. The van der Waals surface area contributed by atoms with Gasteiger partial charge in [-0.3, -0.25) is 20.4 Å². The summed E-state index contributed by atoms with van der Waals surface area (Å²) < 4.78 is 11.7. The molecule has 0 unspecified atom stereocenters. The molecular formula is C19H21BrN2O4. The second-order valence-electron chi connectivity index (χ2n) is 5.45. The first-order chi connectivity index (χ1) is 12.6. The van der Waals surface area contributed by atoms with Crippen LogP contribution in [-0.4, -0.2) is 25.0 Å². The lowest BCUT2D eigenvalue weighted by atomic mass is 10.2. The first-order valence-electron chi connectivity index (χ1n) is 8.29. The fraction of sp³-hybridized carbons (Fsp3) is 0.263. The van der Waals surface area contributed by atoms with E-state index in [9.17, 15) is 9.59 Å². The summed E-state index contributed by atoms with van der Waals surface area (Å²) >= 11 is 3.33. The minimum absolute atomic E-state index is 0.206. The number of unbranched alkanes of at least 4 members (excludes halogenated alkanes) is 1. The highest BCUT2D eigenvalue weighted by molar-refractivity contribution is 9.10. The number of halogens is 1. The third-order valence-electron chi connectivity index (χ3n) is 3.37. The van der Waals surface area contributed by atoms with E-state index in [1.165, 1.54) is 0 Å². The van der Waals surface area contributed by atoms with E-state index in [0.717, 1.165) is 17.3 Å². The van der Waals surface area contributed by atoms with E-state index >= 15 is 0 Å². The van der Waals surface area contributed by atoms with Gasteiger partial charge in [-0.15, -0.1) is 0 Å². The van der Waals surface area contributed by atoms with E-state index in [1.807, 2.05) is 18.2 Å². The smallest absolute Gasteiger partial charge is 0.276 e. The zero-order valence-corrected chi connectivity index (χ0v) is 16.0. The molecule has 0 bridgehead atoms. The van der Waals surface area contributed by atoms with Crippen molar-refractivity contribution in [3.05, 3.63) is 58.6 Å². The molecular weight excluding hydrogens is 400 g/mol. The van der Waals surface area contributed by atoms with Gasteiger partial charge in [-0.05, 0) is 36.8 Å². The number of rotatable bonds is 8. The van der Waals surface area contributed by atoms with Crippen LogP contribution in [0.15, 0.2) is 53.0 Å². The van der Waals surface area contributed by atoms with Crippen LogP contribution < -0.4 is 20.3 Å². The molecule has 0 heterocycles. The summed E-state index contributed by atoms with van der Waals surface area (Å²) in [6.45, 7) is 2.38. The molecule has 2 amide bonds.